The smallest absolute Gasteiger partial charge is 0.170 e. The van der Waals surface area contributed by atoms with Crippen LogP contribution in [0.3, 0.4) is 0 Å². The van der Waals surface area contributed by atoms with Crippen molar-refractivity contribution >= 4 is 22.6 Å². The first-order chi connectivity index (χ1) is 10.1. The van der Waals surface area contributed by atoms with Gasteiger partial charge in [0.25, 0.3) is 0 Å². The largest absolute Gasteiger partial charge is 0.494 e. The highest BCUT2D eigenvalue weighted by atomic mass is 35.5. The maximum atomic E-state index is 6.28. The minimum atomic E-state index is -0.217. The highest BCUT2D eigenvalue weighted by Crippen LogP contribution is 2.30. The number of alkyl halides is 1. The second-order valence-electron chi connectivity index (χ2n) is 4.83. The van der Waals surface area contributed by atoms with Gasteiger partial charge in [0.15, 0.2) is 5.82 Å². The minimum absolute atomic E-state index is 0.217. The van der Waals surface area contributed by atoms with Crippen molar-refractivity contribution in [3.63, 3.8) is 0 Å². The predicted octanol–water partition coefficient (Wildman–Crippen LogP) is 2.52. The maximum Gasteiger partial charge on any atom is 0.170 e. The molecule has 0 spiro atoms. The Bertz CT molecular complexity index is 777. The van der Waals surface area contributed by atoms with Crippen LogP contribution in [0.2, 0.25) is 0 Å². The molecule has 1 aromatic carbocycles. The van der Waals surface area contributed by atoms with E-state index >= 15 is 0 Å². The Hall–Kier alpha value is -2.08. The Morgan fingerprint density at radius 2 is 2.19 bits per heavy atom. The van der Waals surface area contributed by atoms with Crippen LogP contribution in [0.4, 0.5) is 0 Å². The molecule has 0 bridgehead atoms. The van der Waals surface area contributed by atoms with Crippen LogP contribution >= 0.6 is 11.6 Å². The number of halogens is 1. The van der Waals surface area contributed by atoms with Crippen molar-refractivity contribution in [2.75, 3.05) is 7.11 Å². The standard InChI is InChI=1S/C14H16ClN5O/c1-9(15)14-17-13-10(5-4-6-11(13)21-3)20(14)7-12-16-8-19(2)18-12/h4-6,8-9H,7H2,1-3H3. The first-order valence-corrected chi connectivity index (χ1v) is 7.05. The number of imidazole rings is 1. The number of fused-ring (bicyclic) bond motifs is 1. The summed E-state index contributed by atoms with van der Waals surface area (Å²) in [5, 5.41) is 4.10. The number of hydrogen-bond donors (Lipinski definition) is 0. The van der Waals surface area contributed by atoms with Crippen molar-refractivity contribution in [2.24, 2.45) is 7.05 Å². The molecule has 0 fully saturated rings. The molecule has 110 valence electrons. The number of aryl methyl sites for hydroxylation is 1. The first kappa shape index (κ1) is 13.9. The minimum Gasteiger partial charge on any atom is -0.494 e. The lowest BCUT2D eigenvalue weighted by molar-refractivity contribution is 0.419. The van der Waals surface area contributed by atoms with Gasteiger partial charge in [-0.2, -0.15) is 5.10 Å². The lowest BCUT2D eigenvalue weighted by Gasteiger charge is -2.08. The molecule has 0 saturated heterocycles. The van der Waals surface area contributed by atoms with Crippen molar-refractivity contribution in [3.05, 3.63) is 36.2 Å². The Morgan fingerprint density at radius 3 is 2.81 bits per heavy atom. The van der Waals surface area contributed by atoms with Gasteiger partial charge >= 0.3 is 0 Å². The molecular formula is C14H16ClN5O. The Labute approximate surface area is 127 Å². The van der Waals surface area contributed by atoms with E-state index in [1.807, 2.05) is 36.7 Å². The van der Waals surface area contributed by atoms with E-state index < -0.39 is 0 Å². The molecule has 7 heteroatoms. The number of aromatic nitrogens is 5. The lowest BCUT2D eigenvalue weighted by Crippen LogP contribution is -2.07. The molecule has 0 radical (unpaired) electrons. The molecule has 2 heterocycles. The zero-order valence-electron chi connectivity index (χ0n) is 12.1. The molecule has 3 rings (SSSR count). The van der Waals surface area contributed by atoms with Gasteiger partial charge < -0.3 is 9.30 Å². The number of hydrogen-bond acceptors (Lipinski definition) is 4. The Kier molecular flexibility index (Phi) is 3.55. The van der Waals surface area contributed by atoms with Gasteiger partial charge in [0.1, 0.15) is 23.4 Å². The third-order valence-corrected chi connectivity index (χ3v) is 3.49. The van der Waals surface area contributed by atoms with Gasteiger partial charge in [-0.25, -0.2) is 9.97 Å². The van der Waals surface area contributed by atoms with Crippen LogP contribution in [0.5, 0.6) is 5.75 Å². The SMILES string of the molecule is COc1cccc2c1nc(C(C)Cl)n2Cc1ncn(C)n1. The van der Waals surface area contributed by atoms with Gasteiger partial charge in [-0.05, 0) is 19.1 Å². The molecule has 6 nitrogen and oxygen atoms in total. The van der Waals surface area contributed by atoms with Gasteiger partial charge in [-0.1, -0.05) is 6.07 Å². The van der Waals surface area contributed by atoms with Gasteiger partial charge in [0.2, 0.25) is 0 Å². The highest BCUT2D eigenvalue weighted by molar-refractivity contribution is 6.20. The number of ether oxygens (including phenoxy) is 1. The topological polar surface area (TPSA) is 57.8 Å². The van der Waals surface area contributed by atoms with E-state index in [0.29, 0.717) is 6.54 Å². The fourth-order valence-electron chi connectivity index (χ4n) is 2.37. The molecule has 0 aliphatic carbocycles. The zero-order chi connectivity index (χ0) is 15.0. The predicted molar refractivity (Wildman–Crippen MR) is 80.7 cm³/mol. The molecule has 1 unspecified atom stereocenters. The van der Waals surface area contributed by atoms with Crippen molar-refractivity contribution in [2.45, 2.75) is 18.8 Å². The molecule has 0 N–H and O–H groups in total. The normalized spacial score (nSPS) is 12.8. The van der Waals surface area contributed by atoms with Crippen LogP contribution < -0.4 is 4.74 Å². The van der Waals surface area contributed by atoms with E-state index in [4.69, 9.17) is 16.3 Å². The molecule has 1 atom stereocenters. The molecular weight excluding hydrogens is 290 g/mol. The van der Waals surface area contributed by atoms with Gasteiger partial charge in [0, 0.05) is 7.05 Å². The Morgan fingerprint density at radius 1 is 1.38 bits per heavy atom. The summed E-state index contributed by atoms with van der Waals surface area (Å²) in [5.74, 6) is 2.24. The fraction of sp³-hybridized carbons (Fsp3) is 0.357. The summed E-state index contributed by atoms with van der Waals surface area (Å²) >= 11 is 6.28. The zero-order valence-corrected chi connectivity index (χ0v) is 12.9. The Balaban J connectivity index is 2.16. The van der Waals surface area contributed by atoms with Crippen LogP contribution in [0.25, 0.3) is 11.0 Å². The van der Waals surface area contributed by atoms with Crippen LogP contribution in [-0.2, 0) is 13.6 Å². The molecule has 21 heavy (non-hydrogen) atoms. The van der Waals surface area contributed by atoms with Gasteiger partial charge in [-0.3, -0.25) is 4.68 Å². The van der Waals surface area contributed by atoms with Crippen LogP contribution in [0.15, 0.2) is 24.5 Å². The van der Waals surface area contributed by atoms with Crippen molar-refractivity contribution in [3.8, 4) is 5.75 Å². The van der Waals surface area contributed by atoms with Crippen molar-refractivity contribution in [1.82, 2.24) is 24.3 Å². The number of benzene rings is 1. The average molecular weight is 306 g/mol. The molecule has 0 aliphatic heterocycles. The third kappa shape index (κ3) is 2.47. The molecule has 0 saturated carbocycles. The second kappa shape index (κ2) is 5.37. The van der Waals surface area contributed by atoms with Crippen LogP contribution in [0, 0.1) is 0 Å². The second-order valence-corrected chi connectivity index (χ2v) is 5.49. The number of rotatable bonds is 4. The average Bonchev–Trinajstić information content (AvgIpc) is 3.03. The quantitative estimate of drug-likeness (QED) is 0.695. The third-order valence-electron chi connectivity index (χ3n) is 3.29. The summed E-state index contributed by atoms with van der Waals surface area (Å²) < 4.78 is 9.09. The highest BCUT2D eigenvalue weighted by Gasteiger charge is 2.18. The first-order valence-electron chi connectivity index (χ1n) is 6.62. The summed E-state index contributed by atoms with van der Waals surface area (Å²) in [6, 6.07) is 5.83. The summed E-state index contributed by atoms with van der Waals surface area (Å²) in [6.07, 6.45) is 1.68. The van der Waals surface area contributed by atoms with Gasteiger partial charge in [-0.15, -0.1) is 11.6 Å². The lowest BCUT2D eigenvalue weighted by atomic mass is 10.3. The molecule has 2 aromatic heterocycles. The van der Waals surface area contributed by atoms with E-state index in [-0.39, 0.29) is 5.38 Å². The monoisotopic (exact) mass is 305 g/mol. The molecule has 0 aliphatic rings. The van der Waals surface area contributed by atoms with E-state index in [9.17, 15) is 0 Å². The maximum absolute atomic E-state index is 6.28. The summed E-state index contributed by atoms with van der Waals surface area (Å²) in [4.78, 5) is 8.90. The van der Waals surface area contributed by atoms with E-state index in [1.54, 1.807) is 18.1 Å². The fourth-order valence-corrected chi connectivity index (χ4v) is 2.54. The van der Waals surface area contributed by atoms with E-state index in [2.05, 4.69) is 15.1 Å². The molecule has 0 amide bonds. The summed E-state index contributed by atoms with van der Waals surface area (Å²) in [7, 11) is 3.48. The van der Waals surface area contributed by atoms with Crippen LogP contribution in [0.1, 0.15) is 23.9 Å². The summed E-state index contributed by atoms with van der Waals surface area (Å²) in [5.41, 5.74) is 1.77. The number of methoxy groups -OCH3 is 1. The number of para-hydroxylation sites is 1. The van der Waals surface area contributed by atoms with Crippen molar-refractivity contribution < 1.29 is 4.74 Å². The van der Waals surface area contributed by atoms with E-state index in [0.717, 1.165) is 28.4 Å². The van der Waals surface area contributed by atoms with Crippen LogP contribution in [-0.4, -0.2) is 31.4 Å². The van der Waals surface area contributed by atoms with Crippen molar-refractivity contribution in [1.29, 1.82) is 0 Å². The summed E-state index contributed by atoms with van der Waals surface area (Å²) in [6.45, 7) is 2.43. The molecule has 3 aromatic rings. The van der Waals surface area contributed by atoms with Gasteiger partial charge in [0.05, 0.1) is 24.5 Å². The van der Waals surface area contributed by atoms with E-state index in [1.165, 1.54) is 0 Å². The number of nitrogens with zero attached hydrogens (tertiary/aromatic N) is 5.